The van der Waals surface area contributed by atoms with Crippen LogP contribution >= 0.6 is 0 Å². The molecule has 114 valence electrons. The van der Waals surface area contributed by atoms with E-state index in [2.05, 4.69) is 47.6 Å². The molecule has 0 amide bonds. The maximum absolute atomic E-state index is 12.7. The van der Waals surface area contributed by atoms with Gasteiger partial charge in [0.2, 0.25) is 11.6 Å². The molecule has 2 nitrogen and oxygen atoms in total. The number of Topliss-reactive ketones (excluding diaryl/α,β-unsaturated/α-hetero) is 2. The smallest absolute Gasteiger partial charge is 0.234 e. The molecular formula is C20H22O2. The van der Waals surface area contributed by atoms with E-state index in [0.29, 0.717) is 11.1 Å². The fraction of sp³-hybridized carbons (Fsp3) is 0.400. The van der Waals surface area contributed by atoms with Crippen molar-refractivity contribution >= 4 is 22.3 Å². The van der Waals surface area contributed by atoms with E-state index in [0.717, 1.165) is 21.9 Å². The van der Waals surface area contributed by atoms with Crippen LogP contribution in [0.2, 0.25) is 0 Å². The third kappa shape index (κ3) is 1.93. The van der Waals surface area contributed by atoms with Gasteiger partial charge >= 0.3 is 0 Å². The van der Waals surface area contributed by atoms with Gasteiger partial charge in [0.15, 0.2) is 0 Å². The van der Waals surface area contributed by atoms with Crippen LogP contribution in [0, 0.1) is 0 Å². The molecule has 2 aromatic carbocycles. The van der Waals surface area contributed by atoms with Gasteiger partial charge in [-0.15, -0.1) is 0 Å². The van der Waals surface area contributed by atoms with Crippen LogP contribution in [-0.4, -0.2) is 11.6 Å². The van der Waals surface area contributed by atoms with E-state index in [1.54, 1.807) is 6.07 Å². The lowest BCUT2D eigenvalue weighted by molar-refractivity contribution is 0.0824. The van der Waals surface area contributed by atoms with E-state index in [1.807, 2.05) is 12.1 Å². The van der Waals surface area contributed by atoms with Gasteiger partial charge in [-0.25, -0.2) is 0 Å². The maximum Gasteiger partial charge on any atom is 0.234 e. The Labute approximate surface area is 131 Å². The van der Waals surface area contributed by atoms with E-state index in [-0.39, 0.29) is 22.4 Å². The zero-order valence-corrected chi connectivity index (χ0v) is 14.1. The van der Waals surface area contributed by atoms with Crippen molar-refractivity contribution < 1.29 is 9.59 Å². The SMILES string of the molecule is CC(C)(C)c1cc2cccc3c2c(c1C(C)(C)C)C(=O)C3=O. The predicted octanol–water partition coefficient (Wildman–Crippen LogP) is 4.81. The van der Waals surface area contributed by atoms with Crippen LogP contribution in [0.15, 0.2) is 24.3 Å². The van der Waals surface area contributed by atoms with Crippen LogP contribution in [0.5, 0.6) is 0 Å². The molecule has 0 N–H and O–H groups in total. The number of benzene rings is 2. The zero-order valence-electron chi connectivity index (χ0n) is 14.1. The van der Waals surface area contributed by atoms with Crippen LogP contribution in [0.4, 0.5) is 0 Å². The summed E-state index contributed by atoms with van der Waals surface area (Å²) in [6.07, 6.45) is 0. The second-order valence-electron chi connectivity index (χ2n) is 8.24. The van der Waals surface area contributed by atoms with Crippen molar-refractivity contribution in [2.75, 3.05) is 0 Å². The van der Waals surface area contributed by atoms with Crippen molar-refractivity contribution in [2.45, 2.75) is 52.4 Å². The highest BCUT2D eigenvalue weighted by Gasteiger charge is 2.38. The molecule has 0 aromatic heterocycles. The molecule has 2 aromatic rings. The third-order valence-corrected chi connectivity index (χ3v) is 4.40. The summed E-state index contributed by atoms with van der Waals surface area (Å²) >= 11 is 0. The predicted molar refractivity (Wildman–Crippen MR) is 90.0 cm³/mol. The van der Waals surface area contributed by atoms with Crippen molar-refractivity contribution in [3.05, 3.63) is 46.5 Å². The van der Waals surface area contributed by atoms with Crippen LogP contribution in [0.3, 0.4) is 0 Å². The standard InChI is InChI=1S/C20H22O2/c1-19(2,3)13-10-11-8-7-9-12-14(11)15(18(22)17(12)21)16(13)20(4,5)6/h7-10H,1-6H3. The lowest BCUT2D eigenvalue weighted by Gasteiger charge is -2.32. The largest absolute Gasteiger partial charge is 0.285 e. The lowest BCUT2D eigenvalue weighted by atomic mass is 9.72. The van der Waals surface area contributed by atoms with Crippen LogP contribution in [-0.2, 0) is 10.8 Å². The summed E-state index contributed by atoms with van der Waals surface area (Å²) in [5, 5.41) is 1.83. The lowest BCUT2D eigenvalue weighted by Crippen LogP contribution is -2.25. The van der Waals surface area contributed by atoms with E-state index < -0.39 is 0 Å². The summed E-state index contributed by atoms with van der Waals surface area (Å²) in [5.41, 5.74) is 3.09. The minimum absolute atomic E-state index is 0.0881. The molecule has 0 atom stereocenters. The molecule has 22 heavy (non-hydrogen) atoms. The Morgan fingerprint density at radius 2 is 1.45 bits per heavy atom. The summed E-state index contributed by atoms with van der Waals surface area (Å²) in [5.74, 6) is -0.709. The molecule has 1 aliphatic rings. The van der Waals surface area contributed by atoms with Crippen LogP contribution in [0.1, 0.15) is 73.4 Å². The fourth-order valence-corrected chi connectivity index (χ4v) is 3.48. The first-order chi connectivity index (χ1) is 10.0. The van der Waals surface area contributed by atoms with Crippen LogP contribution < -0.4 is 0 Å². The molecule has 0 saturated carbocycles. The van der Waals surface area contributed by atoms with Crippen molar-refractivity contribution in [3.63, 3.8) is 0 Å². The summed E-state index contributed by atoms with van der Waals surface area (Å²) < 4.78 is 0. The topological polar surface area (TPSA) is 34.1 Å². The van der Waals surface area contributed by atoms with Gasteiger partial charge in [-0.3, -0.25) is 9.59 Å². The minimum atomic E-state index is -0.364. The first kappa shape index (κ1) is 15.0. The van der Waals surface area contributed by atoms with Gasteiger partial charge in [0.1, 0.15) is 0 Å². The van der Waals surface area contributed by atoms with E-state index in [4.69, 9.17) is 0 Å². The Hall–Kier alpha value is -1.96. The van der Waals surface area contributed by atoms with Gasteiger partial charge in [0.05, 0.1) is 0 Å². The molecule has 3 rings (SSSR count). The first-order valence-corrected chi connectivity index (χ1v) is 7.73. The van der Waals surface area contributed by atoms with Crippen LogP contribution in [0.25, 0.3) is 10.8 Å². The molecule has 1 aliphatic carbocycles. The maximum atomic E-state index is 12.7. The van der Waals surface area contributed by atoms with Gasteiger partial charge in [-0.05, 0) is 27.3 Å². The normalized spacial score (nSPS) is 15.0. The molecule has 0 bridgehead atoms. The quantitative estimate of drug-likeness (QED) is 0.653. The zero-order chi connectivity index (χ0) is 16.4. The van der Waals surface area contributed by atoms with Crippen molar-refractivity contribution in [1.29, 1.82) is 0 Å². The highest BCUT2D eigenvalue weighted by atomic mass is 16.2. The summed E-state index contributed by atoms with van der Waals surface area (Å²) in [6, 6.07) is 7.79. The number of hydrogen-bond donors (Lipinski definition) is 0. The average molecular weight is 294 g/mol. The molecule has 0 heterocycles. The Kier molecular flexibility index (Phi) is 2.91. The summed E-state index contributed by atoms with van der Waals surface area (Å²) in [7, 11) is 0. The van der Waals surface area contributed by atoms with Gasteiger partial charge in [0, 0.05) is 16.5 Å². The first-order valence-electron chi connectivity index (χ1n) is 7.73. The number of ketones is 2. The second kappa shape index (κ2) is 4.28. The van der Waals surface area contributed by atoms with Crippen molar-refractivity contribution in [1.82, 2.24) is 0 Å². The van der Waals surface area contributed by atoms with E-state index >= 15 is 0 Å². The average Bonchev–Trinajstić information content (AvgIpc) is 2.64. The molecule has 0 radical (unpaired) electrons. The summed E-state index contributed by atoms with van der Waals surface area (Å²) in [4.78, 5) is 25.0. The number of rotatable bonds is 0. The van der Waals surface area contributed by atoms with Crippen molar-refractivity contribution in [3.8, 4) is 0 Å². The van der Waals surface area contributed by atoms with Gasteiger partial charge < -0.3 is 0 Å². The van der Waals surface area contributed by atoms with Gasteiger partial charge in [-0.1, -0.05) is 65.8 Å². The Morgan fingerprint density at radius 3 is 2.00 bits per heavy atom. The summed E-state index contributed by atoms with van der Waals surface area (Å²) in [6.45, 7) is 12.8. The molecule has 0 unspecified atom stereocenters. The Balaban J connectivity index is 2.58. The number of carbonyl (C=O) groups is 2. The molecule has 2 heteroatoms. The molecule has 0 aliphatic heterocycles. The van der Waals surface area contributed by atoms with E-state index in [9.17, 15) is 9.59 Å². The second-order valence-corrected chi connectivity index (χ2v) is 8.24. The fourth-order valence-electron chi connectivity index (χ4n) is 3.48. The van der Waals surface area contributed by atoms with Gasteiger partial charge in [-0.2, -0.15) is 0 Å². The molecule has 0 spiro atoms. The highest BCUT2D eigenvalue weighted by Crippen LogP contribution is 2.43. The van der Waals surface area contributed by atoms with Gasteiger partial charge in [0.25, 0.3) is 0 Å². The minimum Gasteiger partial charge on any atom is -0.285 e. The monoisotopic (exact) mass is 294 g/mol. The number of carbonyl (C=O) groups excluding carboxylic acids is 2. The molecule has 0 saturated heterocycles. The Bertz CT molecular complexity index is 827. The molecule has 0 fully saturated rings. The Morgan fingerprint density at radius 1 is 0.818 bits per heavy atom. The third-order valence-electron chi connectivity index (χ3n) is 4.40. The molecular weight excluding hydrogens is 272 g/mol. The number of hydrogen-bond acceptors (Lipinski definition) is 2. The highest BCUT2D eigenvalue weighted by molar-refractivity contribution is 6.57. The van der Waals surface area contributed by atoms with Crippen molar-refractivity contribution in [2.24, 2.45) is 0 Å². The van der Waals surface area contributed by atoms with E-state index in [1.165, 1.54) is 0 Å².